The smallest absolute Gasteiger partial charge is 0.870 e. The maximum Gasteiger partial charge on any atom is 1.00 e. The zero-order valence-electron chi connectivity index (χ0n) is 44.6. The third-order valence-electron chi connectivity index (χ3n) is 15.5. The number of esters is 1. The number of hydrogen-bond acceptors (Lipinski definition) is 14. The number of nitrogens with zero attached hydrogens (tertiary/aromatic N) is 6. The molecule has 4 atom stereocenters. The van der Waals surface area contributed by atoms with E-state index in [-0.39, 0.29) is 42.5 Å². The molecule has 2 saturated heterocycles. The van der Waals surface area contributed by atoms with Gasteiger partial charge in [-0.1, -0.05) is 12.1 Å². The Labute approximate surface area is 450 Å². The number of carboxylic acids is 1. The number of carbonyl (C=O) groups excluding carboxylic acids is 1. The summed E-state index contributed by atoms with van der Waals surface area (Å²) in [6, 6.07) is 11.0. The maximum absolute atomic E-state index is 13.1. The van der Waals surface area contributed by atoms with Crippen molar-refractivity contribution in [2.24, 2.45) is 0 Å². The molecule has 2 unspecified atom stereocenters. The predicted octanol–water partition coefficient (Wildman–Crippen LogP) is 6.27. The van der Waals surface area contributed by atoms with E-state index in [1.165, 1.54) is 48.2 Å². The van der Waals surface area contributed by atoms with Crippen molar-refractivity contribution in [2.45, 2.75) is 171 Å². The molecule has 0 aromatic carbocycles. The van der Waals surface area contributed by atoms with Crippen LogP contribution in [0.5, 0.6) is 11.5 Å². The molecule has 6 aliphatic rings. The van der Waals surface area contributed by atoms with Crippen molar-refractivity contribution >= 4 is 11.9 Å². The standard InChI is InChI=1S/C30H41N3O4.C28H37N3O4.Li.H2O/c1-3-36-30(34)29(25-11-8-16-31-28(25)21-13-14-21)33-17-15-23(20-33)37-18-7-6-9-22-19-27(35-2)24-10-4-5-12-26(24)32-22;1-34-25-17-20(30-24-10-3-2-8-22(24)25)7-4-5-16-35-21-13-15-31(18-21)27(28(32)33)23-9-6-14-29-26(23)19-11-12-19;;/h8,11,16,19,21,23,29H,3-7,9-10,12-15,17-18,20H2,1-2H3;6,9,14,17,19,21,27H,2-5,7-8,10-13,15-16,18H2,1H3,(H,32,33);;1H2/q;;+1;/p-1/t23-,29?;21-,27?;;/m11../s1. The summed E-state index contributed by atoms with van der Waals surface area (Å²) in [4.78, 5) is 48.6. The zero-order chi connectivity index (χ0) is 49.8. The molecule has 0 amide bonds. The van der Waals surface area contributed by atoms with Gasteiger partial charge in [0.05, 0.1) is 33.0 Å². The van der Waals surface area contributed by atoms with Gasteiger partial charge in [-0.3, -0.25) is 34.5 Å². The van der Waals surface area contributed by atoms with Crippen molar-refractivity contribution in [2.75, 3.05) is 60.2 Å². The summed E-state index contributed by atoms with van der Waals surface area (Å²) in [6.07, 6.45) is 25.2. The zero-order valence-corrected chi connectivity index (χ0v) is 44.6. The largest absolute Gasteiger partial charge is 1.00 e. The minimum atomic E-state index is -0.798. The molecule has 4 aliphatic carbocycles. The van der Waals surface area contributed by atoms with Crippen LogP contribution in [-0.4, -0.2) is 125 Å². The molecule has 4 aromatic heterocycles. The van der Waals surface area contributed by atoms with Gasteiger partial charge in [-0.05, 0) is 147 Å². The van der Waals surface area contributed by atoms with Crippen LogP contribution in [0.2, 0.25) is 0 Å². The van der Waals surface area contributed by atoms with Crippen molar-refractivity contribution in [3.63, 3.8) is 0 Å². The number of ether oxygens (including phenoxy) is 5. The Kier molecular flexibility index (Phi) is 21.7. The van der Waals surface area contributed by atoms with Crippen LogP contribution in [0, 0.1) is 0 Å². The summed E-state index contributed by atoms with van der Waals surface area (Å²) in [6.45, 7) is 6.62. The molecule has 6 heterocycles. The summed E-state index contributed by atoms with van der Waals surface area (Å²) in [7, 11) is 3.52. The number of carboxylic acid groups (broad SMARTS) is 1. The molecular formula is C58H79LiN6O9. The van der Waals surface area contributed by atoms with Crippen LogP contribution in [0.1, 0.15) is 177 Å². The normalized spacial score (nSPS) is 20.1. The molecule has 0 bridgehead atoms. The quantitative estimate of drug-likeness (QED) is 0.0497. The minimum absolute atomic E-state index is 0. The molecule has 4 fully saturated rings. The maximum atomic E-state index is 13.1. The third-order valence-corrected chi connectivity index (χ3v) is 15.5. The fraction of sp³-hybridized carbons (Fsp3) is 0.621. The van der Waals surface area contributed by atoms with Crippen LogP contribution in [0.25, 0.3) is 0 Å². The number of aromatic nitrogens is 4. The number of rotatable bonds is 23. The van der Waals surface area contributed by atoms with E-state index in [9.17, 15) is 14.7 Å². The first kappa shape index (κ1) is 57.2. The van der Waals surface area contributed by atoms with Crippen LogP contribution in [0.3, 0.4) is 0 Å². The van der Waals surface area contributed by atoms with Crippen LogP contribution in [-0.2, 0) is 62.3 Å². The Balaban J connectivity index is 0.000000211. The van der Waals surface area contributed by atoms with Gasteiger partial charge in [-0.25, -0.2) is 4.79 Å². The summed E-state index contributed by atoms with van der Waals surface area (Å²) in [5, 5.41) is 10.0. The fourth-order valence-corrected chi connectivity index (χ4v) is 11.5. The number of methoxy groups -OCH3 is 2. The Morgan fingerprint density at radius 1 is 0.662 bits per heavy atom. The van der Waals surface area contributed by atoms with Crippen molar-refractivity contribution in [1.82, 2.24) is 29.7 Å². The Morgan fingerprint density at radius 3 is 1.57 bits per heavy atom. The van der Waals surface area contributed by atoms with E-state index in [1.54, 1.807) is 20.4 Å². The third kappa shape index (κ3) is 14.7. The molecule has 74 heavy (non-hydrogen) atoms. The second kappa shape index (κ2) is 28.1. The van der Waals surface area contributed by atoms with E-state index in [2.05, 4.69) is 38.0 Å². The number of pyridine rings is 4. The van der Waals surface area contributed by atoms with Crippen molar-refractivity contribution in [3.8, 4) is 11.5 Å². The first-order valence-electron chi connectivity index (χ1n) is 27.4. The van der Waals surface area contributed by atoms with Gasteiger partial charge >= 0.3 is 30.8 Å². The second-order valence-electron chi connectivity index (χ2n) is 20.8. The van der Waals surface area contributed by atoms with Crippen molar-refractivity contribution in [1.29, 1.82) is 0 Å². The van der Waals surface area contributed by atoms with Gasteiger partial charge in [0.25, 0.3) is 0 Å². The fourth-order valence-electron chi connectivity index (χ4n) is 11.5. The van der Waals surface area contributed by atoms with Crippen LogP contribution in [0.4, 0.5) is 0 Å². The van der Waals surface area contributed by atoms with E-state index >= 15 is 0 Å². The molecule has 2 saturated carbocycles. The summed E-state index contributed by atoms with van der Waals surface area (Å²) in [5.41, 5.74) is 11.2. The number of aryl methyl sites for hydroxylation is 4. The molecule has 2 N–H and O–H groups in total. The van der Waals surface area contributed by atoms with Gasteiger partial charge < -0.3 is 34.3 Å². The number of fused-ring (bicyclic) bond motifs is 2. The van der Waals surface area contributed by atoms with E-state index in [0.717, 1.165) is 174 Å². The first-order valence-corrected chi connectivity index (χ1v) is 27.4. The average Bonchev–Trinajstić information content (AvgIpc) is 4.34. The van der Waals surface area contributed by atoms with Gasteiger partial charge in [-0.2, -0.15) is 0 Å². The summed E-state index contributed by atoms with van der Waals surface area (Å²) >= 11 is 0. The molecule has 396 valence electrons. The van der Waals surface area contributed by atoms with Gasteiger partial charge in [-0.15, -0.1) is 0 Å². The van der Waals surface area contributed by atoms with E-state index in [1.807, 2.05) is 31.3 Å². The molecule has 4 aromatic rings. The van der Waals surface area contributed by atoms with E-state index < -0.39 is 18.1 Å². The van der Waals surface area contributed by atoms with Gasteiger partial charge in [0.1, 0.15) is 23.6 Å². The number of aliphatic carboxylic acids is 1. The SMILES string of the molecule is CCOC(=O)C(c1cccnc1C1CC1)N1CC[C@@H](OCCCCc2cc(OC)c3c(n2)CCCC3)C1.COc1cc(CCCCO[C@@H]2CCN(C(C(=O)O)c3cccnc3C3CC3)C2)nc2c1CCCC2.[Li+].[OH-]. The Hall–Kier alpha value is -4.46. The Morgan fingerprint density at radius 2 is 1.12 bits per heavy atom. The van der Waals surface area contributed by atoms with Gasteiger partial charge in [0, 0.05) is 132 Å². The van der Waals surface area contributed by atoms with E-state index in [0.29, 0.717) is 31.6 Å². The number of carbonyl (C=O) groups is 2. The van der Waals surface area contributed by atoms with Crippen LogP contribution in [0.15, 0.2) is 48.8 Å². The Bertz CT molecular complexity index is 2420. The summed E-state index contributed by atoms with van der Waals surface area (Å²) in [5.74, 6) is 1.94. The molecule has 2 aliphatic heterocycles. The number of likely N-dealkylation sites (tertiary alicyclic amines) is 2. The summed E-state index contributed by atoms with van der Waals surface area (Å²) < 4.78 is 29.2. The van der Waals surface area contributed by atoms with Crippen molar-refractivity contribution in [3.05, 3.63) is 105 Å². The van der Waals surface area contributed by atoms with Gasteiger partial charge in [0.15, 0.2) is 0 Å². The first-order chi connectivity index (χ1) is 35.3. The van der Waals surface area contributed by atoms with Gasteiger partial charge in [0.2, 0.25) is 0 Å². The molecule has 15 nitrogen and oxygen atoms in total. The molecule has 10 rings (SSSR count). The molecule has 16 heteroatoms. The average molecular weight is 1010 g/mol. The molecule has 0 radical (unpaired) electrons. The predicted molar refractivity (Wildman–Crippen MR) is 277 cm³/mol. The molecule has 0 spiro atoms. The number of hydrogen-bond donors (Lipinski definition) is 1. The molecular weight excluding hydrogens is 932 g/mol. The minimum Gasteiger partial charge on any atom is -0.870 e. The van der Waals surface area contributed by atoms with Crippen LogP contribution < -0.4 is 28.3 Å². The van der Waals surface area contributed by atoms with E-state index in [4.69, 9.17) is 33.7 Å². The van der Waals surface area contributed by atoms with Crippen LogP contribution >= 0.6 is 0 Å². The second-order valence-corrected chi connectivity index (χ2v) is 20.8. The van der Waals surface area contributed by atoms with Crippen molar-refractivity contribution < 1.29 is 62.7 Å². The monoisotopic (exact) mass is 1010 g/mol. The number of unbranched alkanes of at least 4 members (excludes halogenated alkanes) is 2. The topological polar surface area (TPSA) is 189 Å².